The maximum Gasteiger partial charge on any atom is 0.410 e. The van der Waals surface area contributed by atoms with E-state index in [9.17, 15) is 9.59 Å². The Morgan fingerprint density at radius 2 is 1.73 bits per heavy atom. The van der Waals surface area contributed by atoms with Gasteiger partial charge in [0.1, 0.15) is 12.4 Å². The Bertz CT molecular complexity index is 897. The van der Waals surface area contributed by atoms with E-state index in [1.807, 2.05) is 60.4 Å². The molecule has 2 aromatic rings. The molecule has 0 aromatic heterocycles. The van der Waals surface area contributed by atoms with Crippen LogP contribution in [0.3, 0.4) is 0 Å². The summed E-state index contributed by atoms with van der Waals surface area (Å²) in [5.74, 6) is 0.917. The molecule has 2 bridgehead atoms. The zero-order valence-electron chi connectivity index (χ0n) is 17.7. The topological polar surface area (TPSA) is 55.8 Å². The molecular weight excluding hydrogens is 378 g/mol. The summed E-state index contributed by atoms with van der Waals surface area (Å²) in [5.41, 5.74) is 2.68. The average molecular weight is 408 g/mol. The van der Waals surface area contributed by atoms with Gasteiger partial charge in [-0.1, -0.05) is 30.3 Å². The van der Waals surface area contributed by atoms with Crippen LogP contribution in [-0.2, 0) is 11.3 Å². The van der Waals surface area contributed by atoms with Gasteiger partial charge in [-0.3, -0.25) is 4.79 Å². The first-order chi connectivity index (χ1) is 14.6. The lowest BCUT2D eigenvalue weighted by Gasteiger charge is -2.47. The quantitative estimate of drug-likeness (QED) is 0.643. The number of carbonyl (C=O) groups excluding carboxylic acids is 2. The van der Waals surface area contributed by atoms with E-state index in [4.69, 9.17) is 9.47 Å². The summed E-state index contributed by atoms with van der Waals surface area (Å²) in [6, 6.07) is 15.5. The number of aryl methyl sites for hydroxylation is 1. The maximum absolute atomic E-state index is 13.2. The Morgan fingerprint density at radius 3 is 2.37 bits per heavy atom. The van der Waals surface area contributed by atoms with Crippen LogP contribution in [0.4, 0.5) is 4.79 Å². The first-order valence-electron chi connectivity index (χ1n) is 10.7. The minimum Gasteiger partial charge on any atom is -0.496 e. The molecule has 30 heavy (non-hydrogen) atoms. The van der Waals surface area contributed by atoms with Gasteiger partial charge >= 0.3 is 6.09 Å². The SMILES string of the molecule is COc1ccc(C(=O)C2CC3CCCC(C2)N3C(=O)OCc2ccccc2)cc1C. The second-order valence-electron chi connectivity index (χ2n) is 8.40. The summed E-state index contributed by atoms with van der Waals surface area (Å²) < 4.78 is 10.9. The van der Waals surface area contributed by atoms with Gasteiger partial charge in [0.25, 0.3) is 0 Å². The molecule has 2 aromatic carbocycles. The molecule has 0 saturated carbocycles. The summed E-state index contributed by atoms with van der Waals surface area (Å²) >= 11 is 0. The van der Waals surface area contributed by atoms with Crippen LogP contribution >= 0.6 is 0 Å². The third-order valence-electron chi connectivity index (χ3n) is 6.44. The molecular formula is C25H29NO4. The van der Waals surface area contributed by atoms with Gasteiger partial charge in [-0.2, -0.15) is 0 Å². The molecule has 5 heteroatoms. The molecule has 5 nitrogen and oxygen atoms in total. The fourth-order valence-electron chi connectivity index (χ4n) is 4.95. The molecule has 2 aliphatic heterocycles. The van der Waals surface area contributed by atoms with Crippen LogP contribution in [0.5, 0.6) is 5.75 Å². The monoisotopic (exact) mass is 407 g/mol. The van der Waals surface area contributed by atoms with E-state index in [0.29, 0.717) is 12.8 Å². The number of fused-ring (bicyclic) bond motifs is 2. The number of ether oxygens (including phenoxy) is 2. The number of carbonyl (C=O) groups is 2. The molecule has 0 N–H and O–H groups in total. The molecule has 158 valence electrons. The van der Waals surface area contributed by atoms with Crippen molar-refractivity contribution in [3.05, 3.63) is 65.2 Å². The van der Waals surface area contributed by atoms with Crippen molar-refractivity contribution in [1.29, 1.82) is 0 Å². The van der Waals surface area contributed by atoms with Gasteiger partial charge in [0.05, 0.1) is 7.11 Å². The summed E-state index contributed by atoms with van der Waals surface area (Å²) in [7, 11) is 1.64. The number of piperidine rings is 2. The second-order valence-corrected chi connectivity index (χ2v) is 8.40. The molecule has 2 unspecified atom stereocenters. The lowest BCUT2D eigenvalue weighted by molar-refractivity contribution is 0.00472. The average Bonchev–Trinajstić information content (AvgIpc) is 2.76. The van der Waals surface area contributed by atoms with Gasteiger partial charge in [-0.05, 0) is 68.4 Å². The highest BCUT2D eigenvalue weighted by Crippen LogP contribution is 2.39. The van der Waals surface area contributed by atoms with Gasteiger partial charge in [-0.15, -0.1) is 0 Å². The van der Waals surface area contributed by atoms with Gasteiger partial charge in [-0.25, -0.2) is 4.79 Å². The fourth-order valence-corrected chi connectivity index (χ4v) is 4.95. The van der Waals surface area contributed by atoms with Crippen molar-refractivity contribution < 1.29 is 19.1 Å². The summed E-state index contributed by atoms with van der Waals surface area (Å²) in [5, 5.41) is 0. The molecule has 4 rings (SSSR count). The molecule has 1 amide bonds. The molecule has 2 atom stereocenters. The highest BCUT2D eigenvalue weighted by molar-refractivity contribution is 5.98. The van der Waals surface area contributed by atoms with E-state index >= 15 is 0 Å². The summed E-state index contributed by atoms with van der Waals surface area (Å²) in [4.78, 5) is 28.0. The van der Waals surface area contributed by atoms with Crippen LogP contribution in [0.25, 0.3) is 0 Å². The van der Waals surface area contributed by atoms with Crippen LogP contribution in [0.15, 0.2) is 48.5 Å². The van der Waals surface area contributed by atoms with Crippen molar-refractivity contribution >= 4 is 11.9 Å². The number of methoxy groups -OCH3 is 1. The van der Waals surface area contributed by atoms with Crippen LogP contribution in [0.1, 0.15) is 53.6 Å². The smallest absolute Gasteiger partial charge is 0.410 e. The molecule has 2 saturated heterocycles. The van der Waals surface area contributed by atoms with E-state index in [2.05, 4.69) is 0 Å². The van der Waals surface area contributed by atoms with Crippen molar-refractivity contribution in [3.63, 3.8) is 0 Å². The van der Waals surface area contributed by atoms with E-state index in [0.717, 1.165) is 41.7 Å². The van der Waals surface area contributed by atoms with Gasteiger partial charge in [0.15, 0.2) is 5.78 Å². The summed E-state index contributed by atoms with van der Waals surface area (Å²) in [6.07, 6.45) is 4.13. The van der Waals surface area contributed by atoms with Crippen molar-refractivity contribution in [3.8, 4) is 5.75 Å². The van der Waals surface area contributed by atoms with Crippen LogP contribution in [0.2, 0.25) is 0 Å². The van der Waals surface area contributed by atoms with Crippen molar-refractivity contribution in [2.45, 2.75) is 57.7 Å². The van der Waals surface area contributed by atoms with Gasteiger partial charge in [0.2, 0.25) is 0 Å². The number of nitrogens with zero attached hydrogens (tertiary/aromatic N) is 1. The highest BCUT2D eigenvalue weighted by atomic mass is 16.6. The van der Waals surface area contributed by atoms with Crippen LogP contribution < -0.4 is 4.74 Å². The number of amides is 1. The largest absolute Gasteiger partial charge is 0.496 e. The number of Topliss-reactive ketones (excluding diaryl/α,β-unsaturated/α-hetero) is 1. The number of hydrogen-bond donors (Lipinski definition) is 0. The predicted molar refractivity (Wildman–Crippen MR) is 115 cm³/mol. The van der Waals surface area contributed by atoms with Crippen LogP contribution in [-0.4, -0.2) is 36.0 Å². The highest BCUT2D eigenvalue weighted by Gasteiger charge is 2.43. The lowest BCUT2D eigenvalue weighted by Crippen LogP contribution is -2.55. The fraction of sp³-hybridized carbons (Fsp3) is 0.440. The maximum atomic E-state index is 13.2. The lowest BCUT2D eigenvalue weighted by atomic mass is 9.75. The Morgan fingerprint density at radius 1 is 1.03 bits per heavy atom. The van der Waals surface area contributed by atoms with Crippen molar-refractivity contribution in [2.75, 3.05) is 7.11 Å². The van der Waals surface area contributed by atoms with Crippen molar-refractivity contribution in [1.82, 2.24) is 4.90 Å². The number of rotatable bonds is 5. The zero-order chi connectivity index (χ0) is 21.1. The van der Waals surface area contributed by atoms with Crippen molar-refractivity contribution in [2.24, 2.45) is 5.92 Å². The Hall–Kier alpha value is -2.82. The second kappa shape index (κ2) is 8.90. The Balaban J connectivity index is 1.43. The third kappa shape index (κ3) is 4.20. The standard InChI is InChI=1S/C25H29NO4/c1-17-13-19(11-12-23(17)29-2)24(27)20-14-21-9-6-10-22(15-20)26(21)25(28)30-16-18-7-4-3-5-8-18/h3-5,7-8,11-13,20-22H,6,9-10,14-16H2,1-2H3. The summed E-state index contributed by atoms with van der Waals surface area (Å²) in [6.45, 7) is 2.23. The third-order valence-corrected chi connectivity index (χ3v) is 6.44. The van der Waals surface area contributed by atoms with E-state index in [-0.39, 0.29) is 36.5 Å². The minimum absolute atomic E-state index is 0.0498. The number of hydrogen-bond acceptors (Lipinski definition) is 4. The number of benzene rings is 2. The normalized spacial score (nSPS) is 23.0. The van der Waals surface area contributed by atoms with Crippen LogP contribution in [0, 0.1) is 12.8 Å². The van der Waals surface area contributed by atoms with Gasteiger partial charge in [0, 0.05) is 23.6 Å². The predicted octanol–water partition coefficient (Wildman–Crippen LogP) is 5.16. The molecule has 2 fully saturated rings. The number of ketones is 1. The minimum atomic E-state index is -0.250. The van der Waals surface area contributed by atoms with Gasteiger partial charge < -0.3 is 14.4 Å². The first kappa shape index (κ1) is 20.5. The van der Waals surface area contributed by atoms with E-state index in [1.54, 1.807) is 7.11 Å². The molecule has 0 radical (unpaired) electrons. The zero-order valence-corrected chi connectivity index (χ0v) is 17.7. The molecule has 2 aliphatic rings. The van der Waals surface area contributed by atoms with E-state index in [1.165, 1.54) is 0 Å². The molecule has 0 aliphatic carbocycles. The van der Waals surface area contributed by atoms with E-state index < -0.39 is 0 Å². The molecule has 2 heterocycles. The Kier molecular flexibility index (Phi) is 6.07. The Labute approximate surface area is 178 Å². The first-order valence-corrected chi connectivity index (χ1v) is 10.7. The molecule has 0 spiro atoms.